The number of carbonyl (C=O) groups is 3. The van der Waals surface area contributed by atoms with Crippen LogP contribution in [0.5, 0.6) is 0 Å². The van der Waals surface area contributed by atoms with Gasteiger partial charge in [0.15, 0.2) is 0 Å². The molecule has 168 valence electrons. The highest BCUT2D eigenvalue weighted by Gasteiger charge is 2.36. The van der Waals surface area contributed by atoms with Gasteiger partial charge in [0.05, 0.1) is 0 Å². The van der Waals surface area contributed by atoms with Crippen LogP contribution in [0.15, 0.2) is 48.5 Å². The average Bonchev–Trinajstić information content (AvgIpc) is 3.55. The molecule has 2 amide bonds. The molecule has 2 aliphatic rings. The van der Waals surface area contributed by atoms with Crippen molar-refractivity contribution < 1.29 is 24.2 Å². The number of rotatable bonds is 5. The third-order valence-corrected chi connectivity index (χ3v) is 6.04. The Hall–Kier alpha value is -4.21. The van der Waals surface area contributed by atoms with E-state index in [2.05, 4.69) is 32.6 Å². The Morgan fingerprint density at radius 3 is 2.42 bits per heavy atom. The molecule has 10 nitrogen and oxygen atoms in total. The maximum absolute atomic E-state index is 12.6. The number of likely N-dealkylation sites (tertiary alicyclic amines) is 1. The first-order valence-electron chi connectivity index (χ1n) is 10.6. The Balaban J connectivity index is 1.23. The first-order chi connectivity index (χ1) is 16.0. The largest absolute Gasteiger partial charge is 0.480 e. The zero-order chi connectivity index (χ0) is 22.9. The van der Waals surface area contributed by atoms with Gasteiger partial charge in [-0.3, -0.25) is 15.2 Å². The van der Waals surface area contributed by atoms with E-state index in [4.69, 9.17) is 4.74 Å². The molecule has 1 atom stereocenters. The third kappa shape index (κ3) is 3.79. The van der Waals surface area contributed by atoms with Gasteiger partial charge in [-0.25, -0.2) is 9.59 Å². The molecular formula is C23H21N5O5. The molecule has 2 aromatic carbocycles. The maximum Gasteiger partial charge on any atom is 0.414 e. The van der Waals surface area contributed by atoms with Crippen molar-refractivity contribution in [2.75, 3.05) is 18.5 Å². The number of H-pyrrole nitrogens is 1. The van der Waals surface area contributed by atoms with E-state index < -0.39 is 24.0 Å². The number of aromatic nitrogens is 3. The van der Waals surface area contributed by atoms with Crippen LogP contribution in [0.25, 0.3) is 11.1 Å². The number of carbonyl (C=O) groups excluding carboxylic acids is 2. The van der Waals surface area contributed by atoms with Gasteiger partial charge in [0.1, 0.15) is 12.6 Å². The molecule has 1 aliphatic carbocycles. The molecule has 0 radical (unpaired) electrons. The van der Waals surface area contributed by atoms with Crippen LogP contribution in [0.2, 0.25) is 0 Å². The van der Waals surface area contributed by atoms with Gasteiger partial charge < -0.3 is 14.7 Å². The van der Waals surface area contributed by atoms with E-state index >= 15 is 0 Å². The first kappa shape index (κ1) is 20.7. The van der Waals surface area contributed by atoms with E-state index in [1.165, 1.54) is 4.90 Å². The Bertz CT molecular complexity index is 1190. The van der Waals surface area contributed by atoms with E-state index in [-0.39, 0.29) is 24.3 Å². The molecule has 3 aromatic rings. The number of nitrogens with zero attached hydrogens (tertiary/aromatic N) is 3. The lowest BCUT2D eigenvalue weighted by molar-refractivity contribution is -0.141. The molecule has 1 aliphatic heterocycles. The zero-order valence-electron chi connectivity index (χ0n) is 17.5. The van der Waals surface area contributed by atoms with Gasteiger partial charge in [0.2, 0.25) is 5.82 Å². The molecule has 10 heteroatoms. The van der Waals surface area contributed by atoms with E-state index in [0.29, 0.717) is 19.4 Å². The highest BCUT2D eigenvalue weighted by molar-refractivity contribution is 5.94. The quantitative estimate of drug-likeness (QED) is 0.547. The number of benzene rings is 2. The second kappa shape index (κ2) is 8.38. The third-order valence-electron chi connectivity index (χ3n) is 6.04. The number of ether oxygens (including phenoxy) is 1. The normalized spacial score (nSPS) is 16.8. The van der Waals surface area contributed by atoms with Gasteiger partial charge >= 0.3 is 12.1 Å². The van der Waals surface area contributed by atoms with Gasteiger partial charge in [0.25, 0.3) is 11.9 Å². The summed E-state index contributed by atoms with van der Waals surface area (Å²) in [5.41, 5.74) is 4.44. The molecular weight excluding hydrogens is 426 g/mol. The average molecular weight is 447 g/mol. The minimum Gasteiger partial charge on any atom is -0.480 e. The molecule has 5 rings (SSSR count). The summed E-state index contributed by atoms with van der Waals surface area (Å²) >= 11 is 0. The van der Waals surface area contributed by atoms with Crippen molar-refractivity contribution in [2.45, 2.75) is 24.8 Å². The summed E-state index contributed by atoms with van der Waals surface area (Å²) in [6.07, 6.45) is 0.237. The summed E-state index contributed by atoms with van der Waals surface area (Å²) in [4.78, 5) is 41.5. The molecule has 0 bridgehead atoms. The Kier molecular flexibility index (Phi) is 5.25. The number of aliphatic carboxylic acids is 1. The summed E-state index contributed by atoms with van der Waals surface area (Å²) in [6.45, 7) is 0.454. The minimum absolute atomic E-state index is 0.0875. The number of carboxylic acid groups (broad SMARTS) is 1. The van der Waals surface area contributed by atoms with Crippen LogP contribution in [0.3, 0.4) is 0 Å². The monoisotopic (exact) mass is 447 g/mol. The molecule has 3 N–H and O–H groups in total. The topological polar surface area (TPSA) is 138 Å². The summed E-state index contributed by atoms with van der Waals surface area (Å²) in [6, 6.07) is 15.1. The van der Waals surface area contributed by atoms with Gasteiger partial charge in [-0.15, -0.1) is 5.10 Å². The molecule has 0 saturated carbocycles. The molecule has 1 aromatic heterocycles. The highest BCUT2D eigenvalue weighted by Crippen LogP contribution is 2.44. The standard InChI is InChI=1S/C23H21N5O5/c29-20(28-11-5-10-18(28)21(30)31)19-24-22(27-26-19)25-23(32)33-12-17-15-8-3-1-6-13(15)14-7-2-4-9-16(14)17/h1-4,6-9,17-18H,5,10-12H2,(H,30,31)(H2,24,25,26,27,32)/t18-/m1/s1. The van der Waals surface area contributed by atoms with Crippen molar-refractivity contribution in [1.82, 2.24) is 20.1 Å². The van der Waals surface area contributed by atoms with Crippen LogP contribution in [0.1, 0.15) is 40.5 Å². The first-order valence-corrected chi connectivity index (χ1v) is 10.6. The Morgan fingerprint density at radius 1 is 1.09 bits per heavy atom. The number of hydrogen-bond acceptors (Lipinski definition) is 6. The second-order valence-corrected chi connectivity index (χ2v) is 7.95. The number of nitrogens with one attached hydrogen (secondary N) is 2. The lowest BCUT2D eigenvalue weighted by Crippen LogP contribution is -2.40. The lowest BCUT2D eigenvalue weighted by Gasteiger charge is -2.19. The van der Waals surface area contributed by atoms with Gasteiger partial charge in [0, 0.05) is 12.5 Å². The molecule has 1 saturated heterocycles. The number of carboxylic acids is 1. The smallest absolute Gasteiger partial charge is 0.414 e. The van der Waals surface area contributed by atoms with Crippen molar-refractivity contribution in [3.05, 3.63) is 65.5 Å². The molecule has 2 heterocycles. The predicted molar refractivity (Wildman–Crippen MR) is 117 cm³/mol. The fourth-order valence-corrected chi connectivity index (χ4v) is 4.54. The van der Waals surface area contributed by atoms with Crippen LogP contribution in [-0.2, 0) is 9.53 Å². The highest BCUT2D eigenvalue weighted by atomic mass is 16.5. The summed E-state index contributed by atoms with van der Waals surface area (Å²) in [5, 5.41) is 18.0. The molecule has 0 spiro atoms. The van der Waals surface area contributed by atoms with Crippen LogP contribution in [0.4, 0.5) is 10.7 Å². The fourth-order valence-electron chi connectivity index (χ4n) is 4.54. The number of hydrogen-bond donors (Lipinski definition) is 3. The maximum atomic E-state index is 12.6. The van der Waals surface area contributed by atoms with Crippen LogP contribution >= 0.6 is 0 Å². The summed E-state index contributed by atoms with van der Waals surface area (Å²) in [7, 11) is 0. The summed E-state index contributed by atoms with van der Waals surface area (Å²) in [5.74, 6) is -1.99. The van der Waals surface area contributed by atoms with Crippen molar-refractivity contribution in [3.63, 3.8) is 0 Å². The van der Waals surface area contributed by atoms with Gasteiger partial charge in [-0.05, 0) is 35.1 Å². The second-order valence-electron chi connectivity index (χ2n) is 7.95. The number of amides is 2. The Labute approximate surface area is 188 Å². The number of fused-ring (bicyclic) bond motifs is 3. The fraction of sp³-hybridized carbons (Fsp3) is 0.261. The molecule has 0 unspecified atom stereocenters. The predicted octanol–water partition coefficient (Wildman–Crippen LogP) is 2.85. The minimum atomic E-state index is -1.06. The van der Waals surface area contributed by atoms with Crippen molar-refractivity contribution in [2.24, 2.45) is 0 Å². The van der Waals surface area contributed by atoms with Crippen molar-refractivity contribution >= 4 is 23.9 Å². The number of anilines is 1. The van der Waals surface area contributed by atoms with E-state index in [1.807, 2.05) is 36.4 Å². The SMILES string of the molecule is O=C(Nc1n[nH]c(C(=O)N2CCC[C@@H]2C(=O)O)n1)OCC1c2ccccc2-c2ccccc21. The number of aromatic amines is 1. The molecule has 33 heavy (non-hydrogen) atoms. The van der Waals surface area contributed by atoms with Crippen LogP contribution in [0, 0.1) is 0 Å². The van der Waals surface area contributed by atoms with Crippen LogP contribution in [-0.4, -0.2) is 62.4 Å². The van der Waals surface area contributed by atoms with Crippen molar-refractivity contribution in [3.8, 4) is 11.1 Å². The van der Waals surface area contributed by atoms with Crippen LogP contribution < -0.4 is 5.32 Å². The van der Waals surface area contributed by atoms with E-state index in [1.54, 1.807) is 0 Å². The van der Waals surface area contributed by atoms with Gasteiger partial charge in [-0.1, -0.05) is 48.5 Å². The Morgan fingerprint density at radius 2 is 1.76 bits per heavy atom. The van der Waals surface area contributed by atoms with E-state index in [0.717, 1.165) is 22.3 Å². The lowest BCUT2D eigenvalue weighted by atomic mass is 9.98. The van der Waals surface area contributed by atoms with E-state index in [9.17, 15) is 19.5 Å². The molecule has 1 fully saturated rings. The zero-order valence-corrected chi connectivity index (χ0v) is 17.5. The van der Waals surface area contributed by atoms with Crippen molar-refractivity contribution in [1.29, 1.82) is 0 Å². The summed E-state index contributed by atoms with van der Waals surface area (Å²) < 4.78 is 5.44. The van der Waals surface area contributed by atoms with Gasteiger partial charge in [-0.2, -0.15) is 4.98 Å².